The summed E-state index contributed by atoms with van der Waals surface area (Å²) in [6.45, 7) is 0.483. The van der Waals surface area contributed by atoms with Crippen LogP contribution in [0, 0.1) is 0 Å². The summed E-state index contributed by atoms with van der Waals surface area (Å²) in [5.74, 6) is -0.404. The molecule has 2 atom stereocenters. The van der Waals surface area contributed by atoms with E-state index in [4.69, 9.17) is 14.2 Å². The fourth-order valence-corrected chi connectivity index (χ4v) is 2.65. The van der Waals surface area contributed by atoms with Gasteiger partial charge in [0.15, 0.2) is 6.23 Å². The largest absolute Gasteiger partial charge is 0.456 e. The number of aromatic amines is 1. The fraction of sp³-hybridized carbons (Fsp3) is 0.467. The minimum atomic E-state index is -0.445. The molecule has 1 saturated heterocycles. The Morgan fingerprint density at radius 2 is 2.41 bits per heavy atom. The van der Waals surface area contributed by atoms with Crippen LogP contribution in [-0.4, -0.2) is 54.5 Å². The SMILES string of the molecule is CO[C@@H]1CCC(=O)N1[C@@H]1C=C(COC(=O)c2ccc[nH]2)CO1. The molecule has 1 amide bonds. The summed E-state index contributed by atoms with van der Waals surface area (Å²) in [7, 11) is 1.58. The minimum absolute atomic E-state index is 0.0118. The molecule has 0 bridgehead atoms. The van der Waals surface area contributed by atoms with Crippen molar-refractivity contribution in [2.24, 2.45) is 0 Å². The number of methoxy groups -OCH3 is 1. The zero-order valence-electron chi connectivity index (χ0n) is 12.3. The first-order valence-corrected chi connectivity index (χ1v) is 7.14. The normalized spacial score (nSPS) is 24.7. The summed E-state index contributed by atoms with van der Waals surface area (Å²) in [5.41, 5.74) is 1.24. The average Bonchev–Trinajstić information content (AvgIpc) is 3.25. The number of carbonyl (C=O) groups excluding carboxylic acids is 2. The van der Waals surface area contributed by atoms with E-state index in [0.29, 0.717) is 25.1 Å². The number of nitrogens with zero attached hydrogens (tertiary/aromatic N) is 1. The molecule has 7 heteroatoms. The molecule has 1 N–H and O–H groups in total. The van der Waals surface area contributed by atoms with Gasteiger partial charge in [0.1, 0.15) is 18.5 Å². The van der Waals surface area contributed by atoms with Crippen LogP contribution in [-0.2, 0) is 19.0 Å². The Morgan fingerprint density at radius 1 is 1.55 bits per heavy atom. The molecule has 2 aliphatic rings. The van der Waals surface area contributed by atoms with Gasteiger partial charge in [0, 0.05) is 26.1 Å². The van der Waals surface area contributed by atoms with E-state index in [1.807, 2.05) is 6.08 Å². The zero-order chi connectivity index (χ0) is 15.5. The minimum Gasteiger partial charge on any atom is -0.456 e. The molecule has 3 heterocycles. The maximum atomic E-state index is 11.9. The maximum Gasteiger partial charge on any atom is 0.355 e. The van der Waals surface area contributed by atoms with Gasteiger partial charge in [-0.15, -0.1) is 0 Å². The van der Waals surface area contributed by atoms with Gasteiger partial charge in [-0.1, -0.05) is 0 Å². The number of H-pyrrole nitrogens is 1. The lowest BCUT2D eigenvalue weighted by Gasteiger charge is -2.27. The van der Waals surface area contributed by atoms with Crippen LogP contribution >= 0.6 is 0 Å². The number of esters is 1. The molecular weight excluding hydrogens is 288 g/mol. The second-order valence-corrected chi connectivity index (χ2v) is 5.22. The van der Waals surface area contributed by atoms with Crippen molar-refractivity contribution < 1.29 is 23.8 Å². The Balaban J connectivity index is 1.58. The van der Waals surface area contributed by atoms with Crippen LogP contribution in [0.5, 0.6) is 0 Å². The molecule has 0 aliphatic carbocycles. The molecule has 0 unspecified atom stereocenters. The molecule has 0 saturated carbocycles. The predicted molar refractivity (Wildman–Crippen MR) is 75.8 cm³/mol. The van der Waals surface area contributed by atoms with Crippen molar-refractivity contribution in [3.63, 3.8) is 0 Å². The molecule has 2 aliphatic heterocycles. The summed E-state index contributed by atoms with van der Waals surface area (Å²) >= 11 is 0. The van der Waals surface area contributed by atoms with Crippen molar-refractivity contribution in [3.8, 4) is 0 Å². The van der Waals surface area contributed by atoms with Gasteiger partial charge in [-0.2, -0.15) is 0 Å². The smallest absolute Gasteiger partial charge is 0.355 e. The van der Waals surface area contributed by atoms with Gasteiger partial charge in [-0.25, -0.2) is 4.79 Å². The van der Waals surface area contributed by atoms with Gasteiger partial charge >= 0.3 is 5.97 Å². The molecule has 0 radical (unpaired) electrons. The molecule has 22 heavy (non-hydrogen) atoms. The summed E-state index contributed by atoms with van der Waals surface area (Å²) in [6, 6.07) is 3.38. The number of hydrogen-bond acceptors (Lipinski definition) is 5. The van der Waals surface area contributed by atoms with Crippen molar-refractivity contribution in [3.05, 3.63) is 35.7 Å². The number of hydrogen-bond donors (Lipinski definition) is 1. The third-order valence-corrected chi connectivity index (χ3v) is 3.77. The van der Waals surface area contributed by atoms with Crippen LogP contribution in [0.4, 0.5) is 0 Å². The quantitative estimate of drug-likeness (QED) is 0.649. The molecule has 0 aromatic carbocycles. The number of rotatable bonds is 5. The second-order valence-electron chi connectivity index (χ2n) is 5.22. The highest BCUT2D eigenvalue weighted by Gasteiger charge is 2.38. The van der Waals surface area contributed by atoms with Crippen molar-refractivity contribution >= 4 is 11.9 Å². The third-order valence-electron chi connectivity index (χ3n) is 3.77. The van der Waals surface area contributed by atoms with Crippen LogP contribution < -0.4 is 0 Å². The van der Waals surface area contributed by atoms with E-state index in [-0.39, 0.29) is 18.7 Å². The first-order valence-electron chi connectivity index (χ1n) is 7.14. The number of likely N-dealkylation sites (tertiary alicyclic amines) is 1. The summed E-state index contributed by atoms with van der Waals surface area (Å²) < 4.78 is 16.1. The lowest BCUT2D eigenvalue weighted by Crippen LogP contribution is -2.42. The van der Waals surface area contributed by atoms with Gasteiger partial charge in [-0.05, 0) is 23.8 Å². The first kappa shape index (κ1) is 14.8. The van der Waals surface area contributed by atoms with Gasteiger partial charge in [0.05, 0.1) is 6.61 Å². The third kappa shape index (κ3) is 2.90. The Hall–Kier alpha value is -2.12. The summed E-state index contributed by atoms with van der Waals surface area (Å²) in [5, 5.41) is 0. The molecule has 1 aromatic heterocycles. The van der Waals surface area contributed by atoms with E-state index in [2.05, 4.69) is 4.98 Å². The van der Waals surface area contributed by atoms with E-state index in [0.717, 1.165) is 5.57 Å². The number of ether oxygens (including phenoxy) is 3. The van der Waals surface area contributed by atoms with E-state index in [1.165, 1.54) is 0 Å². The first-order chi connectivity index (χ1) is 10.7. The highest BCUT2D eigenvalue weighted by molar-refractivity contribution is 5.87. The van der Waals surface area contributed by atoms with E-state index >= 15 is 0 Å². The van der Waals surface area contributed by atoms with Crippen molar-refractivity contribution in [1.29, 1.82) is 0 Å². The number of nitrogens with one attached hydrogen (secondary N) is 1. The standard InChI is InChI=1S/C15H18N2O5/c1-20-13-5-4-12(18)17(13)14-7-10(8-21-14)9-22-15(19)11-3-2-6-16-11/h2-3,6-7,13-14,16H,4-5,8-9H2,1H3/t13-,14+/m1/s1. The molecule has 3 rings (SSSR count). The summed E-state index contributed by atoms with van der Waals surface area (Å²) in [4.78, 5) is 28.0. The molecule has 1 aromatic rings. The van der Waals surface area contributed by atoms with Crippen LogP contribution in [0.1, 0.15) is 23.3 Å². The monoisotopic (exact) mass is 306 g/mol. The Bertz CT molecular complexity index is 581. The summed E-state index contributed by atoms with van der Waals surface area (Å²) in [6.07, 6.45) is 3.91. The number of carbonyl (C=O) groups is 2. The van der Waals surface area contributed by atoms with Crippen molar-refractivity contribution in [2.75, 3.05) is 20.3 Å². The topological polar surface area (TPSA) is 80.9 Å². The Morgan fingerprint density at radius 3 is 3.14 bits per heavy atom. The van der Waals surface area contributed by atoms with Gasteiger partial charge in [0.2, 0.25) is 5.91 Å². The maximum absolute atomic E-state index is 11.9. The van der Waals surface area contributed by atoms with Crippen molar-refractivity contribution in [1.82, 2.24) is 9.88 Å². The molecular formula is C15H18N2O5. The van der Waals surface area contributed by atoms with E-state index in [9.17, 15) is 9.59 Å². The van der Waals surface area contributed by atoms with Crippen LogP contribution in [0.2, 0.25) is 0 Å². The van der Waals surface area contributed by atoms with Gasteiger partial charge in [0.25, 0.3) is 0 Å². The van der Waals surface area contributed by atoms with E-state index < -0.39 is 12.2 Å². The Labute approximate surface area is 127 Å². The van der Waals surface area contributed by atoms with Crippen molar-refractivity contribution in [2.45, 2.75) is 25.3 Å². The van der Waals surface area contributed by atoms with Gasteiger partial charge in [-0.3, -0.25) is 9.69 Å². The number of aromatic nitrogens is 1. The van der Waals surface area contributed by atoms with E-state index in [1.54, 1.807) is 30.3 Å². The van der Waals surface area contributed by atoms with Crippen LogP contribution in [0.3, 0.4) is 0 Å². The fourth-order valence-electron chi connectivity index (χ4n) is 2.65. The molecule has 118 valence electrons. The lowest BCUT2D eigenvalue weighted by molar-refractivity contribution is -0.150. The number of amides is 1. The zero-order valence-corrected chi connectivity index (χ0v) is 12.3. The molecule has 7 nitrogen and oxygen atoms in total. The Kier molecular flexibility index (Phi) is 4.26. The molecule has 1 fully saturated rings. The highest BCUT2D eigenvalue weighted by Crippen LogP contribution is 2.26. The lowest BCUT2D eigenvalue weighted by atomic mass is 10.3. The average molecular weight is 306 g/mol. The predicted octanol–water partition coefficient (Wildman–Crippen LogP) is 1.05. The van der Waals surface area contributed by atoms with Crippen LogP contribution in [0.25, 0.3) is 0 Å². The van der Waals surface area contributed by atoms with Gasteiger partial charge < -0.3 is 19.2 Å². The second kappa shape index (κ2) is 6.33. The molecule has 0 spiro atoms. The van der Waals surface area contributed by atoms with Crippen LogP contribution in [0.15, 0.2) is 30.0 Å². The highest BCUT2D eigenvalue weighted by atomic mass is 16.5.